The minimum Gasteiger partial charge on any atom is -0.462 e. The molecule has 0 radical (unpaired) electrons. The van der Waals surface area contributed by atoms with Crippen LogP contribution in [0.25, 0.3) is 22.5 Å². The van der Waals surface area contributed by atoms with Crippen molar-refractivity contribution in [2.75, 3.05) is 6.61 Å². The maximum Gasteiger partial charge on any atom is 0.673 e. The van der Waals surface area contributed by atoms with Gasteiger partial charge in [-0.15, -0.1) is 0 Å². The van der Waals surface area contributed by atoms with Gasteiger partial charge in [-0.3, -0.25) is 0 Å². The van der Waals surface area contributed by atoms with Crippen LogP contribution in [0.2, 0.25) is 0 Å². The fraction of sp³-hybridized carbons (Fsp3) is 0.143. The van der Waals surface area contributed by atoms with E-state index in [4.69, 9.17) is 9.15 Å². The number of hydrogen-bond acceptors (Lipinski definition) is 2. The van der Waals surface area contributed by atoms with Crippen molar-refractivity contribution in [3.8, 4) is 22.5 Å². The molecule has 0 amide bonds. The third-order valence-electron chi connectivity index (χ3n) is 3.78. The quantitative estimate of drug-likeness (QED) is 0.210. The first-order valence-electron chi connectivity index (χ1n) is 8.83. The molecule has 0 aliphatic carbocycles. The van der Waals surface area contributed by atoms with Gasteiger partial charge in [0.1, 0.15) is 0 Å². The molecule has 3 nitrogen and oxygen atoms in total. The van der Waals surface area contributed by atoms with E-state index in [0.717, 1.165) is 22.5 Å². The highest BCUT2D eigenvalue weighted by Gasteiger charge is 2.28. The predicted molar refractivity (Wildman–Crippen MR) is 105 cm³/mol. The Kier molecular flexibility index (Phi) is 7.53. The number of carbonyl (C=O) groups excluding carboxylic acids is 1. The Balaban J connectivity index is 0.000000537. The van der Waals surface area contributed by atoms with Crippen molar-refractivity contribution in [2.24, 2.45) is 0 Å². The molecule has 0 N–H and O–H groups in total. The molecule has 2 aromatic carbocycles. The second-order valence-electron chi connectivity index (χ2n) is 5.90. The summed E-state index contributed by atoms with van der Waals surface area (Å²) in [6.07, 6.45) is 0. The van der Waals surface area contributed by atoms with Gasteiger partial charge in [0.15, 0.2) is 5.56 Å². The van der Waals surface area contributed by atoms with Crippen LogP contribution in [0.3, 0.4) is 0 Å². The van der Waals surface area contributed by atoms with Crippen molar-refractivity contribution in [2.45, 2.75) is 13.8 Å². The molecular weight excluding hydrogens is 387 g/mol. The van der Waals surface area contributed by atoms with Crippen molar-refractivity contribution in [1.29, 1.82) is 0 Å². The van der Waals surface area contributed by atoms with Crippen LogP contribution in [0.15, 0.2) is 71.1 Å². The van der Waals surface area contributed by atoms with Crippen LogP contribution in [0, 0.1) is 6.92 Å². The molecule has 0 saturated heterocycles. The first kappa shape index (κ1) is 22.1. The number of aryl methyl sites for hydroxylation is 1. The standard InChI is InChI=1S/C21H19O3.BF4/c1-3-23-21(22)20-15(2)24-19(17-12-8-5-9-13-17)14-18(20)16-10-6-4-7-11-16;2-1(3,4)5/h4-14H,3H2,1-2H3;/q+1;-1. The van der Waals surface area contributed by atoms with Gasteiger partial charge in [0.05, 0.1) is 25.2 Å². The average molecular weight is 406 g/mol. The number of hydrogen-bond donors (Lipinski definition) is 0. The largest absolute Gasteiger partial charge is 0.673 e. The van der Waals surface area contributed by atoms with E-state index >= 15 is 0 Å². The molecule has 0 saturated carbocycles. The van der Waals surface area contributed by atoms with Crippen LogP contribution >= 0.6 is 0 Å². The fourth-order valence-corrected chi connectivity index (χ4v) is 2.69. The SMILES string of the molecule is CCOC(=O)c1c(-c2ccccc2)cc(-c2ccccc2)[o+]c1C.F[B-](F)(F)F. The van der Waals surface area contributed by atoms with E-state index in [1.165, 1.54) is 0 Å². The summed E-state index contributed by atoms with van der Waals surface area (Å²) in [4.78, 5) is 12.4. The van der Waals surface area contributed by atoms with Crippen LogP contribution in [0.5, 0.6) is 0 Å². The molecule has 8 heteroatoms. The van der Waals surface area contributed by atoms with Gasteiger partial charge in [-0.05, 0) is 24.6 Å². The van der Waals surface area contributed by atoms with Gasteiger partial charge in [0, 0.05) is 5.56 Å². The summed E-state index contributed by atoms with van der Waals surface area (Å²) < 4.78 is 50.1. The van der Waals surface area contributed by atoms with Gasteiger partial charge in [-0.1, -0.05) is 48.5 Å². The van der Waals surface area contributed by atoms with Gasteiger partial charge in [-0.2, -0.15) is 0 Å². The summed E-state index contributed by atoms with van der Waals surface area (Å²) in [5, 5.41) is 0. The van der Waals surface area contributed by atoms with Gasteiger partial charge in [0.25, 0.3) is 0 Å². The molecule has 0 spiro atoms. The third-order valence-corrected chi connectivity index (χ3v) is 3.78. The van der Waals surface area contributed by atoms with Crippen molar-refractivity contribution >= 4 is 13.2 Å². The zero-order chi connectivity index (χ0) is 21.4. The smallest absolute Gasteiger partial charge is 0.462 e. The fourth-order valence-electron chi connectivity index (χ4n) is 2.69. The lowest BCUT2D eigenvalue weighted by atomic mass is 9.98. The molecule has 3 rings (SSSR count). The monoisotopic (exact) mass is 406 g/mol. The van der Waals surface area contributed by atoms with E-state index < -0.39 is 7.25 Å². The molecular formula is C21H19BF4O3. The Bertz CT molecular complexity index is 939. The Morgan fingerprint density at radius 1 is 0.931 bits per heavy atom. The van der Waals surface area contributed by atoms with Gasteiger partial charge >= 0.3 is 24.7 Å². The second-order valence-corrected chi connectivity index (χ2v) is 5.90. The number of rotatable bonds is 4. The summed E-state index contributed by atoms with van der Waals surface area (Å²) in [5.41, 5.74) is 3.21. The molecule has 1 aromatic heterocycles. The summed E-state index contributed by atoms with van der Waals surface area (Å²) >= 11 is 0. The van der Waals surface area contributed by atoms with E-state index in [-0.39, 0.29) is 5.97 Å². The van der Waals surface area contributed by atoms with E-state index in [9.17, 15) is 22.1 Å². The Morgan fingerprint density at radius 2 is 1.41 bits per heavy atom. The number of halogens is 4. The molecule has 152 valence electrons. The van der Waals surface area contributed by atoms with Crippen molar-refractivity contribution in [3.63, 3.8) is 0 Å². The van der Waals surface area contributed by atoms with E-state index in [2.05, 4.69) is 0 Å². The zero-order valence-corrected chi connectivity index (χ0v) is 15.9. The van der Waals surface area contributed by atoms with Gasteiger partial charge in [-0.25, -0.2) is 9.21 Å². The van der Waals surface area contributed by atoms with Crippen LogP contribution in [-0.4, -0.2) is 19.8 Å². The number of carbonyl (C=O) groups is 1. The molecule has 0 bridgehead atoms. The van der Waals surface area contributed by atoms with Crippen molar-refractivity contribution in [1.82, 2.24) is 0 Å². The van der Waals surface area contributed by atoms with E-state index in [0.29, 0.717) is 17.9 Å². The lowest BCUT2D eigenvalue weighted by Gasteiger charge is -2.08. The number of esters is 1. The zero-order valence-electron chi connectivity index (χ0n) is 15.9. The van der Waals surface area contributed by atoms with E-state index in [1.54, 1.807) is 13.8 Å². The first-order valence-corrected chi connectivity index (χ1v) is 8.83. The van der Waals surface area contributed by atoms with Crippen LogP contribution < -0.4 is 0 Å². The first-order chi connectivity index (χ1) is 13.7. The highest BCUT2D eigenvalue weighted by molar-refractivity contribution is 6.50. The van der Waals surface area contributed by atoms with Crippen molar-refractivity contribution in [3.05, 3.63) is 78.1 Å². The van der Waals surface area contributed by atoms with Crippen LogP contribution in [0.4, 0.5) is 17.3 Å². The lowest BCUT2D eigenvalue weighted by Crippen LogP contribution is -2.09. The summed E-state index contributed by atoms with van der Waals surface area (Å²) in [6, 6.07) is 21.6. The minimum atomic E-state index is -6.00. The predicted octanol–water partition coefficient (Wildman–Crippen LogP) is 6.68. The summed E-state index contributed by atoms with van der Waals surface area (Å²) in [6.45, 7) is 3.92. The Morgan fingerprint density at radius 3 is 1.90 bits per heavy atom. The summed E-state index contributed by atoms with van der Waals surface area (Å²) in [7, 11) is -6.00. The topological polar surface area (TPSA) is 37.6 Å². The molecule has 3 aromatic rings. The second kappa shape index (κ2) is 9.86. The number of benzene rings is 2. The third kappa shape index (κ3) is 6.74. The maximum absolute atomic E-state index is 12.4. The van der Waals surface area contributed by atoms with Gasteiger partial charge in [0.2, 0.25) is 0 Å². The van der Waals surface area contributed by atoms with Crippen LogP contribution in [0.1, 0.15) is 23.0 Å². The summed E-state index contributed by atoms with van der Waals surface area (Å²) in [5.74, 6) is 0.908. The van der Waals surface area contributed by atoms with Crippen LogP contribution in [-0.2, 0) is 4.74 Å². The normalized spacial score (nSPS) is 10.7. The molecule has 0 aliphatic heterocycles. The molecule has 0 atom stereocenters. The molecule has 0 unspecified atom stereocenters. The molecule has 0 fully saturated rings. The number of ether oxygens (including phenoxy) is 1. The average Bonchev–Trinajstić information content (AvgIpc) is 2.67. The lowest BCUT2D eigenvalue weighted by molar-refractivity contribution is 0.0523. The molecule has 1 heterocycles. The molecule has 0 aliphatic rings. The molecule has 29 heavy (non-hydrogen) atoms. The van der Waals surface area contributed by atoms with E-state index in [1.807, 2.05) is 66.7 Å². The Labute approximate surface area is 166 Å². The van der Waals surface area contributed by atoms with Gasteiger partial charge < -0.3 is 22.0 Å². The highest BCUT2D eigenvalue weighted by atomic mass is 19.5. The highest BCUT2D eigenvalue weighted by Crippen LogP contribution is 2.32. The maximum atomic E-state index is 12.4. The van der Waals surface area contributed by atoms with Crippen molar-refractivity contribution < 1.29 is 31.2 Å². The Hall–Kier alpha value is -3.16. The minimum absolute atomic E-state index is 0.326.